The van der Waals surface area contributed by atoms with Crippen LogP contribution in [0.1, 0.15) is 13.3 Å². The second kappa shape index (κ2) is 2.69. The summed E-state index contributed by atoms with van der Waals surface area (Å²) in [5.41, 5.74) is 0. The average Bonchev–Trinajstić information content (AvgIpc) is 2.09. The van der Waals surface area contributed by atoms with Crippen molar-refractivity contribution in [3.05, 3.63) is 0 Å². The van der Waals surface area contributed by atoms with Crippen LogP contribution >= 0.6 is 0 Å². The molecule has 60 valence electrons. The van der Waals surface area contributed by atoms with Crippen molar-refractivity contribution in [2.75, 3.05) is 0 Å². The SMILES string of the molecule is CC(=O)C[C@@H]1NC(=O)NC1=O. The highest BCUT2D eigenvalue weighted by atomic mass is 16.2. The zero-order chi connectivity index (χ0) is 8.43. The Bertz CT molecular complexity index is 224. The first-order chi connectivity index (χ1) is 5.09. The van der Waals surface area contributed by atoms with Gasteiger partial charge >= 0.3 is 6.03 Å². The molecule has 0 aromatic heterocycles. The number of amides is 3. The van der Waals surface area contributed by atoms with E-state index in [2.05, 4.69) is 5.32 Å². The van der Waals surface area contributed by atoms with Gasteiger partial charge in [0.25, 0.3) is 5.91 Å². The summed E-state index contributed by atoms with van der Waals surface area (Å²) in [5.74, 6) is -0.544. The number of imide groups is 1. The number of carbonyl (C=O) groups excluding carboxylic acids is 3. The molecule has 0 bridgehead atoms. The van der Waals surface area contributed by atoms with E-state index in [9.17, 15) is 14.4 Å². The lowest BCUT2D eigenvalue weighted by molar-refractivity contribution is -0.124. The monoisotopic (exact) mass is 156 g/mol. The molecular formula is C6H8N2O3. The molecule has 0 radical (unpaired) electrons. The van der Waals surface area contributed by atoms with Crippen LogP contribution in [0.2, 0.25) is 0 Å². The summed E-state index contributed by atoms with van der Waals surface area (Å²) in [7, 11) is 0. The van der Waals surface area contributed by atoms with Crippen molar-refractivity contribution in [3.8, 4) is 0 Å². The molecule has 0 saturated carbocycles. The topological polar surface area (TPSA) is 75.3 Å². The first-order valence-corrected chi connectivity index (χ1v) is 3.20. The van der Waals surface area contributed by atoms with Crippen molar-refractivity contribution < 1.29 is 14.4 Å². The minimum atomic E-state index is -0.667. The van der Waals surface area contributed by atoms with E-state index in [4.69, 9.17) is 0 Å². The van der Waals surface area contributed by atoms with Crippen molar-refractivity contribution in [1.29, 1.82) is 0 Å². The van der Waals surface area contributed by atoms with Crippen LogP contribution in [-0.2, 0) is 9.59 Å². The zero-order valence-corrected chi connectivity index (χ0v) is 6.01. The molecular weight excluding hydrogens is 148 g/mol. The molecule has 1 saturated heterocycles. The van der Waals surface area contributed by atoms with Crippen LogP contribution in [0.4, 0.5) is 4.79 Å². The van der Waals surface area contributed by atoms with Crippen molar-refractivity contribution in [1.82, 2.24) is 10.6 Å². The third-order valence-electron chi connectivity index (χ3n) is 1.35. The van der Waals surface area contributed by atoms with E-state index in [1.165, 1.54) is 6.92 Å². The van der Waals surface area contributed by atoms with E-state index in [0.717, 1.165) is 0 Å². The fourth-order valence-electron chi connectivity index (χ4n) is 0.890. The Hall–Kier alpha value is -1.39. The maximum atomic E-state index is 10.8. The Balaban J connectivity index is 2.53. The number of Topliss-reactive ketones (excluding diaryl/α,β-unsaturated/α-hetero) is 1. The molecule has 0 aliphatic carbocycles. The molecule has 0 aromatic rings. The second-order valence-electron chi connectivity index (χ2n) is 2.42. The van der Waals surface area contributed by atoms with Gasteiger partial charge in [0.2, 0.25) is 0 Å². The number of ketones is 1. The smallest absolute Gasteiger partial charge is 0.322 e. The van der Waals surface area contributed by atoms with Gasteiger partial charge in [-0.05, 0) is 6.92 Å². The Kier molecular flexibility index (Phi) is 1.89. The van der Waals surface area contributed by atoms with E-state index in [0.29, 0.717) is 0 Å². The highest BCUT2D eigenvalue weighted by molar-refractivity contribution is 6.05. The van der Waals surface area contributed by atoms with Gasteiger partial charge in [0.15, 0.2) is 0 Å². The predicted molar refractivity (Wildman–Crippen MR) is 35.8 cm³/mol. The first kappa shape index (κ1) is 7.71. The third kappa shape index (κ3) is 1.76. The Morgan fingerprint density at radius 2 is 2.18 bits per heavy atom. The number of carbonyl (C=O) groups is 3. The van der Waals surface area contributed by atoms with Crippen LogP contribution in [0.25, 0.3) is 0 Å². The van der Waals surface area contributed by atoms with Crippen molar-refractivity contribution in [2.45, 2.75) is 19.4 Å². The van der Waals surface area contributed by atoms with E-state index in [1.807, 2.05) is 5.32 Å². The molecule has 0 aromatic carbocycles. The van der Waals surface area contributed by atoms with Crippen molar-refractivity contribution >= 4 is 17.7 Å². The standard InChI is InChI=1S/C6H8N2O3/c1-3(9)2-4-5(10)8-6(11)7-4/h4H,2H2,1H3,(H2,7,8,10,11)/t4-/m0/s1. The normalized spacial score (nSPS) is 22.8. The zero-order valence-electron chi connectivity index (χ0n) is 6.01. The average molecular weight is 156 g/mol. The van der Waals surface area contributed by atoms with Crippen LogP contribution in [0, 0.1) is 0 Å². The van der Waals surface area contributed by atoms with Gasteiger partial charge in [-0.3, -0.25) is 14.9 Å². The maximum Gasteiger partial charge on any atom is 0.322 e. The summed E-state index contributed by atoms with van der Waals surface area (Å²) in [6, 6.07) is -1.19. The number of hydrogen-bond acceptors (Lipinski definition) is 3. The quantitative estimate of drug-likeness (QED) is 0.512. The van der Waals surface area contributed by atoms with Gasteiger partial charge < -0.3 is 5.32 Å². The van der Waals surface area contributed by atoms with Crippen LogP contribution in [0.3, 0.4) is 0 Å². The molecule has 1 aliphatic rings. The number of hydrogen-bond donors (Lipinski definition) is 2. The summed E-state index contributed by atoms with van der Waals surface area (Å²) in [6.45, 7) is 1.37. The molecule has 1 fully saturated rings. The third-order valence-corrected chi connectivity index (χ3v) is 1.35. The lowest BCUT2D eigenvalue weighted by Crippen LogP contribution is -2.30. The molecule has 1 aliphatic heterocycles. The van der Waals surface area contributed by atoms with Crippen LogP contribution in [-0.4, -0.2) is 23.8 Å². The van der Waals surface area contributed by atoms with E-state index >= 15 is 0 Å². The molecule has 11 heavy (non-hydrogen) atoms. The minimum absolute atomic E-state index is 0.0670. The lowest BCUT2D eigenvalue weighted by atomic mass is 10.1. The molecule has 1 rings (SSSR count). The van der Waals surface area contributed by atoms with Gasteiger partial charge in [-0.1, -0.05) is 0 Å². The molecule has 5 heteroatoms. The van der Waals surface area contributed by atoms with E-state index in [1.54, 1.807) is 0 Å². The molecule has 5 nitrogen and oxygen atoms in total. The van der Waals surface area contributed by atoms with Crippen LogP contribution in [0.15, 0.2) is 0 Å². The maximum absolute atomic E-state index is 10.8. The van der Waals surface area contributed by atoms with Gasteiger partial charge in [-0.25, -0.2) is 4.79 Å². The fourth-order valence-corrected chi connectivity index (χ4v) is 0.890. The van der Waals surface area contributed by atoms with E-state index in [-0.39, 0.29) is 12.2 Å². The lowest BCUT2D eigenvalue weighted by Gasteiger charge is -2.01. The van der Waals surface area contributed by atoms with Crippen LogP contribution in [0.5, 0.6) is 0 Å². The molecule has 0 unspecified atom stereocenters. The molecule has 1 heterocycles. The summed E-state index contributed by atoms with van der Waals surface area (Å²) in [6.07, 6.45) is 0.0670. The number of nitrogens with one attached hydrogen (secondary N) is 2. The molecule has 3 amide bonds. The highest BCUT2D eigenvalue weighted by Gasteiger charge is 2.29. The predicted octanol–water partition coefficient (Wildman–Crippen LogP) is -0.827. The first-order valence-electron chi connectivity index (χ1n) is 3.20. The summed E-state index contributed by atoms with van der Waals surface area (Å²) in [4.78, 5) is 31.8. The number of rotatable bonds is 2. The van der Waals surface area contributed by atoms with Crippen LogP contribution < -0.4 is 10.6 Å². The number of urea groups is 1. The van der Waals surface area contributed by atoms with Gasteiger partial charge in [0, 0.05) is 6.42 Å². The fraction of sp³-hybridized carbons (Fsp3) is 0.500. The minimum Gasteiger partial charge on any atom is -0.326 e. The van der Waals surface area contributed by atoms with Crippen molar-refractivity contribution in [2.24, 2.45) is 0 Å². The van der Waals surface area contributed by atoms with Crippen molar-refractivity contribution in [3.63, 3.8) is 0 Å². The summed E-state index contributed by atoms with van der Waals surface area (Å²) < 4.78 is 0. The van der Waals surface area contributed by atoms with Gasteiger partial charge in [0.1, 0.15) is 11.8 Å². The summed E-state index contributed by atoms with van der Waals surface area (Å²) in [5, 5.41) is 4.35. The van der Waals surface area contributed by atoms with E-state index < -0.39 is 18.0 Å². The summed E-state index contributed by atoms with van der Waals surface area (Å²) >= 11 is 0. The molecule has 1 atom stereocenters. The Morgan fingerprint density at radius 1 is 1.55 bits per heavy atom. The second-order valence-corrected chi connectivity index (χ2v) is 2.42. The molecule has 2 N–H and O–H groups in total. The van der Waals surface area contributed by atoms with Gasteiger partial charge in [-0.2, -0.15) is 0 Å². The Morgan fingerprint density at radius 3 is 2.55 bits per heavy atom. The van der Waals surface area contributed by atoms with Gasteiger partial charge in [0.05, 0.1) is 0 Å². The largest absolute Gasteiger partial charge is 0.326 e. The Labute approximate surface area is 63.1 Å². The van der Waals surface area contributed by atoms with Gasteiger partial charge in [-0.15, -0.1) is 0 Å². The molecule has 0 spiro atoms. The highest BCUT2D eigenvalue weighted by Crippen LogP contribution is 1.98.